The monoisotopic (exact) mass is 409 g/mol. The van der Waals surface area contributed by atoms with Crippen LogP contribution in [0.15, 0.2) is 54.6 Å². The van der Waals surface area contributed by atoms with E-state index < -0.39 is 0 Å². The highest BCUT2D eigenvalue weighted by Gasteiger charge is 2.19. The minimum absolute atomic E-state index is 0.407. The first-order valence-corrected chi connectivity index (χ1v) is 10.9. The molecule has 5 nitrogen and oxygen atoms in total. The summed E-state index contributed by atoms with van der Waals surface area (Å²) in [7, 11) is 0. The molecular formula is C23H29N4OS+. The van der Waals surface area contributed by atoms with Crippen LogP contribution in [0.4, 0.5) is 0 Å². The lowest BCUT2D eigenvalue weighted by Gasteiger charge is -2.11. The van der Waals surface area contributed by atoms with Gasteiger partial charge in [0.2, 0.25) is 4.77 Å². The number of hydrogen-bond acceptors (Lipinski definition) is 3. The van der Waals surface area contributed by atoms with E-state index in [1.54, 1.807) is 4.90 Å². The molecule has 0 saturated carbocycles. The van der Waals surface area contributed by atoms with Crippen molar-refractivity contribution in [1.82, 2.24) is 14.3 Å². The fourth-order valence-corrected chi connectivity index (χ4v) is 4.11. The van der Waals surface area contributed by atoms with Crippen molar-refractivity contribution >= 4 is 12.2 Å². The van der Waals surface area contributed by atoms with Crippen LogP contribution in [0.2, 0.25) is 0 Å². The van der Waals surface area contributed by atoms with Crippen molar-refractivity contribution in [2.24, 2.45) is 0 Å². The SMILES string of the molecule is CCc1ccc(OCc2nn(C[NH+]3CCCC3)c(=S)n2Cc2ccccc2)cc1. The van der Waals surface area contributed by atoms with Crippen LogP contribution >= 0.6 is 12.2 Å². The van der Waals surface area contributed by atoms with Crippen molar-refractivity contribution in [1.29, 1.82) is 0 Å². The standard InChI is InChI=1S/C23H28N4OS/c1-2-19-10-12-21(13-11-19)28-17-22-24-27(18-25-14-6-7-15-25)23(29)26(22)16-20-8-4-3-5-9-20/h3-5,8-13H,2,6-7,14-18H2,1H3/p+1. The normalized spacial score (nSPS) is 14.4. The average molecular weight is 410 g/mol. The number of aryl methyl sites for hydroxylation is 1. The summed E-state index contributed by atoms with van der Waals surface area (Å²) >= 11 is 5.80. The van der Waals surface area contributed by atoms with E-state index in [0.29, 0.717) is 13.2 Å². The number of nitrogens with zero attached hydrogens (tertiary/aromatic N) is 3. The minimum atomic E-state index is 0.407. The second-order valence-corrected chi connectivity index (χ2v) is 8.04. The maximum atomic E-state index is 6.06. The molecule has 1 N–H and O–H groups in total. The Balaban J connectivity index is 1.56. The molecular weight excluding hydrogens is 380 g/mol. The fourth-order valence-electron chi connectivity index (χ4n) is 3.83. The molecule has 1 aromatic heterocycles. The first-order valence-electron chi connectivity index (χ1n) is 10.5. The van der Waals surface area contributed by atoms with Gasteiger partial charge in [-0.1, -0.05) is 49.4 Å². The summed E-state index contributed by atoms with van der Waals surface area (Å²) in [5, 5.41) is 4.85. The number of hydrogen-bond donors (Lipinski definition) is 1. The van der Waals surface area contributed by atoms with Gasteiger partial charge in [0.15, 0.2) is 12.5 Å². The van der Waals surface area contributed by atoms with Crippen LogP contribution in [0, 0.1) is 4.77 Å². The topological polar surface area (TPSA) is 36.4 Å². The predicted molar refractivity (Wildman–Crippen MR) is 117 cm³/mol. The molecule has 1 aliphatic rings. The molecule has 0 atom stereocenters. The minimum Gasteiger partial charge on any atom is -0.486 e. The summed E-state index contributed by atoms with van der Waals surface area (Å²) in [6.07, 6.45) is 3.61. The number of ether oxygens (including phenoxy) is 1. The van der Waals surface area contributed by atoms with E-state index in [2.05, 4.69) is 47.9 Å². The predicted octanol–water partition coefficient (Wildman–Crippen LogP) is 3.24. The van der Waals surface area contributed by atoms with Crippen LogP contribution in [0.3, 0.4) is 0 Å². The van der Waals surface area contributed by atoms with Crippen molar-refractivity contribution in [3.05, 3.63) is 76.3 Å². The van der Waals surface area contributed by atoms with Crippen molar-refractivity contribution in [3.63, 3.8) is 0 Å². The van der Waals surface area contributed by atoms with Crippen LogP contribution in [0.5, 0.6) is 5.75 Å². The molecule has 0 amide bonds. The van der Waals surface area contributed by atoms with Crippen LogP contribution in [0.1, 0.15) is 36.7 Å². The zero-order valence-corrected chi connectivity index (χ0v) is 17.8. The number of quaternary nitrogens is 1. The van der Waals surface area contributed by atoms with Crippen LogP contribution in [-0.4, -0.2) is 27.4 Å². The largest absolute Gasteiger partial charge is 0.486 e. The van der Waals surface area contributed by atoms with E-state index in [1.165, 1.54) is 37.1 Å². The second kappa shape index (κ2) is 9.37. The highest BCUT2D eigenvalue weighted by molar-refractivity contribution is 7.71. The Morgan fingerprint density at radius 2 is 1.72 bits per heavy atom. The van der Waals surface area contributed by atoms with Crippen molar-refractivity contribution < 1.29 is 9.64 Å². The molecule has 0 unspecified atom stereocenters. The smallest absolute Gasteiger partial charge is 0.203 e. The van der Waals surface area contributed by atoms with Crippen LogP contribution < -0.4 is 9.64 Å². The second-order valence-electron chi connectivity index (χ2n) is 7.67. The summed E-state index contributed by atoms with van der Waals surface area (Å²) in [5.41, 5.74) is 2.52. The Bertz CT molecular complexity index is 972. The number of nitrogens with one attached hydrogen (secondary N) is 1. The summed E-state index contributed by atoms with van der Waals surface area (Å²) in [5.74, 6) is 1.73. The lowest BCUT2D eigenvalue weighted by Crippen LogP contribution is -3.09. The number of benzene rings is 2. The summed E-state index contributed by atoms with van der Waals surface area (Å²) in [6.45, 7) is 6.50. The molecule has 0 aliphatic carbocycles. The average Bonchev–Trinajstić information content (AvgIpc) is 3.37. The summed E-state index contributed by atoms with van der Waals surface area (Å²) < 4.78 is 10.9. The van der Waals surface area contributed by atoms with Gasteiger partial charge >= 0.3 is 0 Å². The highest BCUT2D eigenvalue weighted by Crippen LogP contribution is 2.15. The molecule has 1 fully saturated rings. The third-order valence-electron chi connectivity index (χ3n) is 5.57. The molecule has 6 heteroatoms. The third kappa shape index (κ3) is 4.95. The molecule has 4 rings (SSSR count). The first kappa shape index (κ1) is 19.9. The van der Waals surface area contributed by atoms with Gasteiger partial charge in [0.25, 0.3) is 0 Å². The van der Waals surface area contributed by atoms with Crippen molar-refractivity contribution in [2.45, 2.75) is 46.0 Å². The third-order valence-corrected chi connectivity index (χ3v) is 6.00. The zero-order chi connectivity index (χ0) is 20.1. The van der Waals surface area contributed by atoms with Crippen LogP contribution in [-0.2, 0) is 26.2 Å². The Morgan fingerprint density at radius 1 is 1.00 bits per heavy atom. The summed E-state index contributed by atoms with van der Waals surface area (Å²) in [4.78, 5) is 1.55. The maximum absolute atomic E-state index is 6.06. The number of aromatic nitrogens is 3. The van der Waals surface area contributed by atoms with E-state index in [1.807, 2.05) is 22.9 Å². The van der Waals surface area contributed by atoms with Gasteiger partial charge in [-0.15, -0.1) is 5.10 Å². The molecule has 2 heterocycles. The van der Waals surface area contributed by atoms with Gasteiger partial charge < -0.3 is 9.64 Å². The molecule has 2 aromatic carbocycles. The zero-order valence-electron chi connectivity index (χ0n) is 17.0. The number of rotatable bonds is 8. The summed E-state index contributed by atoms with van der Waals surface area (Å²) in [6, 6.07) is 18.7. The molecule has 0 spiro atoms. The van der Waals surface area contributed by atoms with Crippen LogP contribution in [0.25, 0.3) is 0 Å². The van der Waals surface area contributed by atoms with E-state index in [4.69, 9.17) is 22.1 Å². The molecule has 3 aromatic rings. The van der Waals surface area contributed by atoms with Gasteiger partial charge in [-0.05, 0) is 41.9 Å². The van der Waals surface area contributed by atoms with Crippen molar-refractivity contribution in [2.75, 3.05) is 13.1 Å². The Labute approximate surface area is 177 Å². The molecule has 1 saturated heterocycles. The maximum Gasteiger partial charge on any atom is 0.203 e. The lowest BCUT2D eigenvalue weighted by molar-refractivity contribution is -0.911. The highest BCUT2D eigenvalue weighted by atomic mass is 32.1. The van der Waals surface area contributed by atoms with E-state index in [9.17, 15) is 0 Å². The van der Waals surface area contributed by atoms with Gasteiger partial charge in [0, 0.05) is 12.8 Å². The van der Waals surface area contributed by atoms with Crippen molar-refractivity contribution in [3.8, 4) is 5.75 Å². The molecule has 0 radical (unpaired) electrons. The van der Waals surface area contributed by atoms with Gasteiger partial charge in [0.1, 0.15) is 12.4 Å². The molecule has 152 valence electrons. The quantitative estimate of drug-likeness (QED) is 0.580. The first-order chi connectivity index (χ1) is 14.2. The Hall–Kier alpha value is -2.44. The van der Waals surface area contributed by atoms with E-state index >= 15 is 0 Å². The van der Waals surface area contributed by atoms with Gasteiger partial charge in [-0.25, -0.2) is 0 Å². The van der Waals surface area contributed by atoms with E-state index in [-0.39, 0.29) is 0 Å². The van der Waals surface area contributed by atoms with Gasteiger partial charge in [0.05, 0.1) is 19.6 Å². The molecule has 0 bridgehead atoms. The Kier molecular flexibility index (Phi) is 6.42. The lowest BCUT2D eigenvalue weighted by atomic mass is 10.2. The molecule has 1 aliphatic heterocycles. The fraction of sp³-hybridized carbons (Fsp3) is 0.391. The van der Waals surface area contributed by atoms with Gasteiger partial charge in [-0.2, -0.15) is 4.68 Å². The van der Waals surface area contributed by atoms with Gasteiger partial charge in [-0.3, -0.25) is 4.57 Å². The number of likely N-dealkylation sites (tertiary alicyclic amines) is 1. The Morgan fingerprint density at radius 3 is 2.41 bits per heavy atom. The van der Waals surface area contributed by atoms with E-state index in [0.717, 1.165) is 29.4 Å². The molecule has 29 heavy (non-hydrogen) atoms.